The summed E-state index contributed by atoms with van der Waals surface area (Å²) in [5.41, 5.74) is 0.663. The molecule has 1 unspecified atom stereocenters. The van der Waals surface area contributed by atoms with E-state index in [-0.39, 0.29) is 35.5 Å². The molecule has 0 aliphatic carbocycles. The number of anilines is 1. The third-order valence-electron chi connectivity index (χ3n) is 3.08. The molecule has 7 nitrogen and oxygen atoms in total. The molecule has 0 aromatic heterocycles. The maximum Gasteiger partial charge on any atom is 0.337 e. The van der Waals surface area contributed by atoms with Gasteiger partial charge in [0.1, 0.15) is 0 Å². The lowest BCUT2D eigenvalue weighted by Gasteiger charge is -2.12. The monoisotopic (exact) mass is 360 g/mol. The lowest BCUT2D eigenvalue weighted by atomic mass is 10.1. The van der Waals surface area contributed by atoms with Crippen molar-refractivity contribution in [3.8, 4) is 0 Å². The number of benzene rings is 1. The molecular weight excluding hydrogens is 344 g/mol. The van der Waals surface area contributed by atoms with Crippen molar-refractivity contribution in [2.45, 2.75) is 6.04 Å². The number of nitrogens with one attached hydrogen (secondary N) is 2. The Morgan fingerprint density at radius 3 is 2.13 bits per heavy atom. The molecule has 1 fully saturated rings. The zero-order valence-electron chi connectivity index (χ0n) is 12.6. The van der Waals surface area contributed by atoms with Crippen molar-refractivity contribution in [2.24, 2.45) is 0 Å². The molecule has 0 radical (unpaired) electrons. The van der Waals surface area contributed by atoms with Gasteiger partial charge >= 0.3 is 11.9 Å². The van der Waals surface area contributed by atoms with Gasteiger partial charge in [-0.2, -0.15) is 0 Å². The van der Waals surface area contributed by atoms with Gasteiger partial charge in [0.15, 0.2) is 0 Å². The minimum Gasteiger partial charge on any atom is -0.465 e. The highest BCUT2D eigenvalue weighted by molar-refractivity contribution is 7.99. The number of esters is 2. The number of carbonyl (C=O) groups excluding carboxylic acids is 3. The minimum absolute atomic E-state index is 0. The normalized spacial score (nSPS) is 16.2. The van der Waals surface area contributed by atoms with Gasteiger partial charge in [-0.1, -0.05) is 0 Å². The first-order chi connectivity index (χ1) is 10.5. The second kappa shape index (κ2) is 8.76. The predicted molar refractivity (Wildman–Crippen MR) is 89.2 cm³/mol. The van der Waals surface area contributed by atoms with Crippen LogP contribution in [0.4, 0.5) is 5.69 Å². The van der Waals surface area contributed by atoms with E-state index in [4.69, 9.17) is 0 Å². The van der Waals surface area contributed by atoms with Crippen LogP contribution in [0.25, 0.3) is 0 Å². The fourth-order valence-corrected chi connectivity index (χ4v) is 2.91. The quantitative estimate of drug-likeness (QED) is 0.781. The molecule has 2 rings (SSSR count). The third kappa shape index (κ3) is 4.85. The number of hydrogen-bond donors (Lipinski definition) is 2. The molecule has 23 heavy (non-hydrogen) atoms. The van der Waals surface area contributed by atoms with E-state index in [0.29, 0.717) is 17.3 Å². The Morgan fingerprint density at radius 1 is 1.13 bits per heavy atom. The van der Waals surface area contributed by atoms with Gasteiger partial charge < -0.3 is 14.8 Å². The molecule has 1 aliphatic rings. The number of ether oxygens (including phenoxy) is 2. The first-order valence-corrected chi connectivity index (χ1v) is 7.64. The molecule has 0 saturated carbocycles. The molecule has 1 atom stereocenters. The van der Waals surface area contributed by atoms with Crippen molar-refractivity contribution in [3.63, 3.8) is 0 Å². The number of amides is 1. The Hall–Kier alpha value is -1.77. The number of thioether (sulfide) groups is 1. The van der Waals surface area contributed by atoms with Gasteiger partial charge in [-0.25, -0.2) is 9.59 Å². The molecule has 1 heterocycles. The van der Waals surface area contributed by atoms with Gasteiger partial charge in [-0.3, -0.25) is 10.1 Å². The molecule has 0 bridgehead atoms. The standard InChI is InChI=1S/C14H16N2O5S.ClH/c1-20-13(18)8-3-9(14(19)21-2)5-10(4-8)16-12(17)11-6-22-7-15-11;/h3-5,11,15H,6-7H2,1-2H3,(H,16,17);1H. The minimum atomic E-state index is -0.601. The van der Waals surface area contributed by atoms with Crippen molar-refractivity contribution in [2.75, 3.05) is 31.2 Å². The summed E-state index contributed by atoms with van der Waals surface area (Å²) in [5, 5.41) is 5.73. The molecule has 0 spiro atoms. The van der Waals surface area contributed by atoms with Crippen LogP contribution in [0.2, 0.25) is 0 Å². The SMILES string of the molecule is COC(=O)c1cc(NC(=O)C2CSCN2)cc(C(=O)OC)c1.Cl. The van der Waals surface area contributed by atoms with E-state index < -0.39 is 11.9 Å². The Bertz CT molecular complexity index is 571. The van der Waals surface area contributed by atoms with E-state index in [0.717, 1.165) is 0 Å². The summed E-state index contributed by atoms with van der Waals surface area (Å²) in [6, 6.07) is 3.97. The lowest BCUT2D eigenvalue weighted by Crippen LogP contribution is -2.37. The fraction of sp³-hybridized carbons (Fsp3) is 0.357. The van der Waals surface area contributed by atoms with Crippen molar-refractivity contribution in [1.82, 2.24) is 5.32 Å². The molecule has 1 saturated heterocycles. The Kier molecular flexibility index (Phi) is 7.34. The van der Waals surface area contributed by atoms with E-state index in [1.54, 1.807) is 11.8 Å². The van der Waals surface area contributed by atoms with Crippen LogP contribution < -0.4 is 10.6 Å². The molecular formula is C14H17ClN2O5S. The Balaban J connectivity index is 0.00000264. The van der Waals surface area contributed by atoms with Crippen LogP contribution in [0.15, 0.2) is 18.2 Å². The van der Waals surface area contributed by atoms with Crippen molar-refractivity contribution in [3.05, 3.63) is 29.3 Å². The first-order valence-electron chi connectivity index (χ1n) is 6.49. The Labute approximate surface area is 143 Å². The molecule has 1 amide bonds. The average molecular weight is 361 g/mol. The third-order valence-corrected chi connectivity index (χ3v) is 4.02. The van der Waals surface area contributed by atoms with Crippen LogP contribution in [0.3, 0.4) is 0 Å². The highest BCUT2D eigenvalue weighted by Gasteiger charge is 2.23. The van der Waals surface area contributed by atoms with Gasteiger partial charge in [0.2, 0.25) is 5.91 Å². The molecule has 9 heteroatoms. The highest BCUT2D eigenvalue weighted by atomic mass is 35.5. The van der Waals surface area contributed by atoms with Crippen LogP contribution in [0.1, 0.15) is 20.7 Å². The molecule has 1 aromatic carbocycles. The van der Waals surface area contributed by atoms with Gasteiger partial charge in [-0.15, -0.1) is 24.2 Å². The van der Waals surface area contributed by atoms with Crippen LogP contribution >= 0.6 is 24.2 Å². The summed E-state index contributed by atoms with van der Waals surface area (Å²) < 4.78 is 9.29. The van der Waals surface area contributed by atoms with Crippen molar-refractivity contribution >= 4 is 47.7 Å². The van der Waals surface area contributed by atoms with Crippen LogP contribution in [-0.4, -0.2) is 49.7 Å². The fourth-order valence-electron chi connectivity index (χ4n) is 1.96. The van der Waals surface area contributed by atoms with E-state index in [2.05, 4.69) is 20.1 Å². The topological polar surface area (TPSA) is 93.7 Å². The summed E-state index contributed by atoms with van der Waals surface area (Å²) in [4.78, 5) is 35.4. The van der Waals surface area contributed by atoms with Gasteiger partial charge in [0.05, 0.1) is 31.4 Å². The number of methoxy groups -OCH3 is 2. The summed E-state index contributed by atoms with van der Waals surface area (Å²) in [6.45, 7) is 0. The van der Waals surface area contributed by atoms with Crippen LogP contribution in [0.5, 0.6) is 0 Å². The summed E-state index contributed by atoms with van der Waals surface area (Å²) >= 11 is 1.62. The van der Waals surface area contributed by atoms with Gasteiger partial charge in [0.25, 0.3) is 0 Å². The van der Waals surface area contributed by atoms with Crippen LogP contribution in [-0.2, 0) is 14.3 Å². The van der Waals surface area contributed by atoms with E-state index >= 15 is 0 Å². The average Bonchev–Trinajstić information content (AvgIpc) is 3.07. The number of halogens is 1. The summed E-state index contributed by atoms with van der Waals surface area (Å²) in [6.07, 6.45) is 0. The van der Waals surface area contributed by atoms with Gasteiger partial charge in [0, 0.05) is 17.3 Å². The maximum atomic E-state index is 12.1. The maximum absolute atomic E-state index is 12.1. The smallest absolute Gasteiger partial charge is 0.337 e. The Morgan fingerprint density at radius 2 is 1.70 bits per heavy atom. The number of rotatable bonds is 4. The van der Waals surface area contributed by atoms with Crippen LogP contribution in [0, 0.1) is 0 Å². The highest BCUT2D eigenvalue weighted by Crippen LogP contribution is 2.18. The number of carbonyl (C=O) groups is 3. The second-order valence-electron chi connectivity index (χ2n) is 4.54. The summed E-state index contributed by atoms with van der Waals surface area (Å²) in [7, 11) is 2.48. The molecule has 126 valence electrons. The number of hydrogen-bond acceptors (Lipinski definition) is 7. The van der Waals surface area contributed by atoms with Crippen molar-refractivity contribution in [1.29, 1.82) is 0 Å². The largest absolute Gasteiger partial charge is 0.465 e. The van der Waals surface area contributed by atoms with Gasteiger partial charge in [-0.05, 0) is 18.2 Å². The van der Waals surface area contributed by atoms with E-state index in [1.807, 2.05) is 0 Å². The zero-order chi connectivity index (χ0) is 16.1. The van der Waals surface area contributed by atoms with Crippen molar-refractivity contribution < 1.29 is 23.9 Å². The van der Waals surface area contributed by atoms with E-state index in [1.165, 1.54) is 32.4 Å². The molecule has 2 N–H and O–H groups in total. The molecule has 1 aliphatic heterocycles. The molecule has 1 aromatic rings. The summed E-state index contributed by atoms with van der Waals surface area (Å²) in [5.74, 6) is -0.0329. The zero-order valence-corrected chi connectivity index (χ0v) is 14.2. The predicted octanol–water partition coefficient (Wildman–Crippen LogP) is 1.28. The first kappa shape index (κ1) is 19.3. The second-order valence-corrected chi connectivity index (χ2v) is 5.57. The van der Waals surface area contributed by atoms with E-state index in [9.17, 15) is 14.4 Å². The lowest BCUT2D eigenvalue weighted by molar-refractivity contribution is -0.117.